The molecular weight excluding hydrogens is 264 g/mol. The number of hydrogen-bond donors (Lipinski definition) is 0. The maximum absolute atomic E-state index is 12.3. The Hall–Kier alpha value is -1.86. The molecule has 0 radical (unpaired) electrons. The van der Waals surface area contributed by atoms with E-state index >= 15 is 0 Å². The zero-order valence-corrected chi connectivity index (χ0v) is 12.2. The molecule has 1 aromatic rings. The van der Waals surface area contributed by atoms with E-state index in [-0.39, 0.29) is 18.0 Å². The van der Waals surface area contributed by atoms with E-state index in [4.69, 9.17) is 10.00 Å². The van der Waals surface area contributed by atoms with Crippen molar-refractivity contribution in [3.8, 4) is 6.07 Å². The molecule has 0 N–H and O–H groups in total. The monoisotopic (exact) mass is 284 g/mol. The summed E-state index contributed by atoms with van der Waals surface area (Å²) >= 11 is 0. The van der Waals surface area contributed by atoms with Gasteiger partial charge in [-0.15, -0.1) is 0 Å². The van der Waals surface area contributed by atoms with E-state index in [9.17, 15) is 4.79 Å². The van der Waals surface area contributed by atoms with Crippen LogP contribution in [-0.4, -0.2) is 36.1 Å². The number of carbonyl (C=O) groups excluding carboxylic acids is 1. The Kier molecular flexibility index (Phi) is 3.94. The molecule has 0 saturated carbocycles. The van der Waals surface area contributed by atoms with Gasteiger partial charge in [0.2, 0.25) is 0 Å². The van der Waals surface area contributed by atoms with Gasteiger partial charge >= 0.3 is 5.97 Å². The Morgan fingerprint density at radius 2 is 2.14 bits per heavy atom. The van der Waals surface area contributed by atoms with Crippen LogP contribution < -0.4 is 0 Å². The Bertz CT molecular complexity index is 552. The first-order valence-corrected chi connectivity index (χ1v) is 7.55. The number of hydrogen-bond acceptors (Lipinski definition) is 4. The van der Waals surface area contributed by atoms with Crippen molar-refractivity contribution in [3.63, 3.8) is 0 Å². The summed E-state index contributed by atoms with van der Waals surface area (Å²) in [5.74, 6) is -0.140. The van der Waals surface area contributed by atoms with E-state index in [1.165, 1.54) is 0 Å². The molecule has 0 spiro atoms. The summed E-state index contributed by atoms with van der Waals surface area (Å²) in [6.07, 6.45) is 3.41. The highest BCUT2D eigenvalue weighted by molar-refractivity contribution is 5.89. The van der Waals surface area contributed by atoms with Gasteiger partial charge in [-0.25, -0.2) is 4.79 Å². The maximum atomic E-state index is 12.3. The van der Waals surface area contributed by atoms with Gasteiger partial charge < -0.3 is 4.74 Å². The van der Waals surface area contributed by atoms with Crippen molar-refractivity contribution in [3.05, 3.63) is 35.9 Å². The van der Waals surface area contributed by atoms with Gasteiger partial charge in [0.25, 0.3) is 0 Å². The van der Waals surface area contributed by atoms with Crippen LogP contribution in [0.1, 0.15) is 36.0 Å². The lowest BCUT2D eigenvalue weighted by Crippen LogP contribution is -2.50. The number of esters is 1. The summed E-state index contributed by atoms with van der Waals surface area (Å²) in [5.41, 5.74) is 0.583. The molecule has 3 rings (SSSR count). The summed E-state index contributed by atoms with van der Waals surface area (Å²) in [7, 11) is 2.13. The zero-order chi connectivity index (χ0) is 14.8. The Labute approximate surface area is 125 Å². The van der Waals surface area contributed by atoms with E-state index in [2.05, 4.69) is 18.0 Å². The Morgan fingerprint density at radius 1 is 1.38 bits per heavy atom. The van der Waals surface area contributed by atoms with Crippen molar-refractivity contribution < 1.29 is 9.53 Å². The van der Waals surface area contributed by atoms with Crippen LogP contribution >= 0.6 is 0 Å². The van der Waals surface area contributed by atoms with Crippen LogP contribution in [0.5, 0.6) is 0 Å². The third kappa shape index (κ3) is 2.66. The molecule has 2 bridgehead atoms. The molecular formula is C17H20N2O2. The fourth-order valence-electron chi connectivity index (χ4n) is 3.82. The fraction of sp³-hybridized carbons (Fsp3) is 0.529. The summed E-state index contributed by atoms with van der Waals surface area (Å²) in [5, 5.41) is 9.09. The molecule has 110 valence electrons. The first-order valence-electron chi connectivity index (χ1n) is 7.55. The molecule has 2 aliphatic rings. The van der Waals surface area contributed by atoms with E-state index < -0.39 is 0 Å². The van der Waals surface area contributed by atoms with Crippen molar-refractivity contribution in [2.45, 2.75) is 43.9 Å². The van der Waals surface area contributed by atoms with Crippen LogP contribution in [0.2, 0.25) is 0 Å². The highest BCUT2D eigenvalue weighted by Gasteiger charge is 2.46. The molecule has 0 aliphatic carbocycles. The molecule has 4 nitrogen and oxygen atoms in total. The number of nitriles is 1. The maximum Gasteiger partial charge on any atom is 0.338 e. The number of fused-ring (bicyclic) bond motifs is 2. The second kappa shape index (κ2) is 5.87. The number of nitrogens with zero attached hydrogens (tertiary/aromatic N) is 2. The largest absolute Gasteiger partial charge is 0.458 e. The molecule has 0 aromatic heterocycles. The van der Waals surface area contributed by atoms with E-state index in [1.807, 2.05) is 18.2 Å². The lowest BCUT2D eigenvalue weighted by Gasteiger charge is -2.41. The highest BCUT2D eigenvalue weighted by Crippen LogP contribution is 2.41. The van der Waals surface area contributed by atoms with Gasteiger partial charge in [0, 0.05) is 30.8 Å². The predicted molar refractivity (Wildman–Crippen MR) is 78.6 cm³/mol. The normalized spacial score (nSPS) is 31.6. The molecule has 0 amide bonds. The van der Waals surface area contributed by atoms with Gasteiger partial charge in [-0.05, 0) is 32.0 Å². The molecule has 4 atom stereocenters. The standard InChI is InChI=1S/C17H20N2O2/c1-19-13-7-8-15(19)14(9-10-18)16(11-13)21-17(20)12-5-3-2-4-6-12/h2-6,13-16H,7-9,11H2,1H3/t13-,14?,15?,16+/m1/s1. The van der Waals surface area contributed by atoms with Gasteiger partial charge in [-0.3, -0.25) is 4.90 Å². The Balaban J connectivity index is 1.75. The van der Waals surface area contributed by atoms with Gasteiger partial charge in [-0.1, -0.05) is 18.2 Å². The third-order valence-corrected chi connectivity index (χ3v) is 4.97. The molecule has 2 aliphatic heterocycles. The van der Waals surface area contributed by atoms with Crippen LogP contribution in [0.25, 0.3) is 0 Å². The van der Waals surface area contributed by atoms with Crippen LogP contribution in [0.15, 0.2) is 30.3 Å². The zero-order valence-electron chi connectivity index (χ0n) is 12.2. The van der Waals surface area contributed by atoms with Crippen molar-refractivity contribution in [1.29, 1.82) is 5.26 Å². The summed E-state index contributed by atoms with van der Waals surface area (Å²) in [6.45, 7) is 0. The van der Waals surface area contributed by atoms with Gasteiger partial charge in [-0.2, -0.15) is 5.26 Å². The van der Waals surface area contributed by atoms with Crippen LogP contribution in [-0.2, 0) is 4.74 Å². The lowest BCUT2D eigenvalue weighted by atomic mass is 9.85. The van der Waals surface area contributed by atoms with Crippen LogP contribution in [0.3, 0.4) is 0 Å². The van der Waals surface area contributed by atoms with Gasteiger partial charge in [0.05, 0.1) is 11.6 Å². The second-order valence-corrected chi connectivity index (χ2v) is 6.04. The van der Waals surface area contributed by atoms with Crippen LogP contribution in [0, 0.1) is 17.2 Å². The summed E-state index contributed by atoms with van der Waals surface area (Å²) < 4.78 is 5.76. The van der Waals surface area contributed by atoms with Crippen molar-refractivity contribution in [1.82, 2.24) is 4.90 Å². The van der Waals surface area contributed by atoms with Crippen molar-refractivity contribution in [2.24, 2.45) is 5.92 Å². The molecule has 2 saturated heterocycles. The molecule has 21 heavy (non-hydrogen) atoms. The van der Waals surface area contributed by atoms with Crippen LogP contribution in [0.4, 0.5) is 0 Å². The molecule has 2 unspecified atom stereocenters. The molecule has 1 aromatic carbocycles. The summed E-state index contributed by atoms with van der Waals surface area (Å²) in [4.78, 5) is 14.6. The average Bonchev–Trinajstić information content (AvgIpc) is 2.75. The number of ether oxygens (including phenoxy) is 1. The van der Waals surface area contributed by atoms with Gasteiger partial charge in [0.1, 0.15) is 6.10 Å². The number of rotatable bonds is 3. The minimum atomic E-state index is -0.271. The minimum Gasteiger partial charge on any atom is -0.458 e. The topological polar surface area (TPSA) is 53.3 Å². The van der Waals surface area contributed by atoms with E-state index in [1.54, 1.807) is 12.1 Å². The first-order chi connectivity index (χ1) is 10.2. The molecule has 2 fully saturated rings. The molecule has 4 heteroatoms. The quantitative estimate of drug-likeness (QED) is 0.801. The smallest absolute Gasteiger partial charge is 0.338 e. The number of piperidine rings is 1. The lowest BCUT2D eigenvalue weighted by molar-refractivity contribution is -0.0327. The van der Waals surface area contributed by atoms with Crippen molar-refractivity contribution in [2.75, 3.05) is 7.05 Å². The van der Waals surface area contributed by atoms with Gasteiger partial charge in [0.15, 0.2) is 0 Å². The van der Waals surface area contributed by atoms with E-state index in [0.717, 1.165) is 19.3 Å². The van der Waals surface area contributed by atoms with Crippen molar-refractivity contribution >= 4 is 5.97 Å². The Morgan fingerprint density at radius 3 is 2.86 bits per heavy atom. The second-order valence-electron chi connectivity index (χ2n) is 6.04. The first kappa shape index (κ1) is 14.1. The SMILES string of the molecule is CN1C2CC[C@@H]1C[C@H](OC(=O)c1ccccc1)C2CC#N. The fourth-order valence-corrected chi connectivity index (χ4v) is 3.82. The minimum absolute atomic E-state index is 0.131. The predicted octanol–water partition coefficient (Wildman–Crippen LogP) is 2.61. The molecule has 2 heterocycles. The summed E-state index contributed by atoms with van der Waals surface area (Å²) in [6, 6.07) is 12.2. The average molecular weight is 284 g/mol. The van der Waals surface area contributed by atoms with E-state index in [0.29, 0.717) is 24.1 Å². The highest BCUT2D eigenvalue weighted by atomic mass is 16.5. The number of carbonyl (C=O) groups is 1. The third-order valence-electron chi connectivity index (χ3n) is 4.97. The number of benzene rings is 1.